The summed E-state index contributed by atoms with van der Waals surface area (Å²) in [6.45, 7) is 1.43. The number of rotatable bonds is 4. The highest BCUT2D eigenvalue weighted by molar-refractivity contribution is 5.92. The van der Waals surface area contributed by atoms with Gasteiger partial charge in [0, 0.05) is 5.69 Å². The van der Waals surface area contributed by atoms with E-state index in [1.165, 1.54) is 18.2 Å². The Bertz CT molecular complexity index is 708. The van der Waals surface area contributed by atoms with Crippen molar-refractivity contribution in [3.05, 3.63) is 59.4 Å². The Morgan fingerprint density at radius 3 is 2.86 bits per heavy atom. The summed E-state index contributed by atoms with van der Waals surface area (Å²) in [7, 11) is 0. The van der Waals surface area contributed by atoms with Crippen molar-refractivity contribution >= 4 is 11.6 Å². The molecule has 0 saturated carbocycles. The number of nitrogens with zero attached hydrogens (tertiary/aromatic N) is 1. The van der Waals surface area contributed by atoms with E-state index in [0.29, 0.717) is 22.6 Å². The highest BCUT2D eigenvalue weighted by Gasteiger charge is 2.05. The number of nitrogens with one attached hydrogen (secondary N) is 1. The average molecular weight is 284 g/mol. The van der Waals surface area contributed by atoms with Gasteiger partial charge >= 0.3 is 0 Å². The number of hydrogen-bond donors (Lipinski definition) is 1. The van der Waals surface area contributed by atoms with Crippen LogP contribution in [0.3, 0.4) is 0 Å². The van der Waals surface area contributed by atoms with Gasteiger partial charge in [0.1, 0.15) is 11.6 Å². The lowest BCUT2D eigenvalue weighted by molar-refractivity contribution is -0.118. The smallest absolute Gasteiger partial charge is 0.262 e. The summed E-state index contributed by atoms with van der Waals surface area (Å²) in [4.78, 5) is 11.7. The van der Waals surface area contributed by atoms with Gasteiger partial charge in [-0.1, -0.05) is 6.07 Å². The topological polar surface area (TPSA) is 62.1 Å². The van der Waals surface area contributed by atoms with Crippen molar-refractivity contribution in [3.8, 4) is 11.8 Å². The number of nitriles is 1. The van der Waals surface area contributed by atoms with Crippen molar-refractivity contribution in [2.75, 3.05) is 11.9 Å². The summed E-state index contributed by atoms with van der Waals surface area (Å²) in [5.74, 6) is -0.248. The Labute approximate surface area is 121 Å². The molecule has 1 N–H and O–H groups in total. The minimum atomic E-state index is -0.355. The number of anilines is 1. The van der Waals surface area contributed by atoms with Gasteiger partial charge in [-0.25, -0.2) is 4.39 Å². The number of hydrogen-bond acceptors (Lipinski definition) is 3. The molecule has 0 saturated heterocycles. The van der Waals surface area contributed by atoms with E-state index in [1.54, 1.807) is 31.2 Å². The van der Waals surface area contributed by atoms with Crippen LogP contribution in [0.15, 0.2) is 42.5 Å². The third kappa shape index (κ3) is 4.05. The molecule has 21 heavy (non-hydrogen) atoms. The van der Waals surface area contributed by atoms with Crippen molar-refractivity contribution in [1.29, 1.82) is 5.26 Å². The molecule has 0 aliphatic carbocycles. The van der Waals surface area contributed by atoms with Crippen LogP contribution in [0.25, 0.3) is 0 Å². The normalized spacial score (nSPS) is 9.76. The zero-order valence-corrected chi connectivity index (χ0v) is 11.4. The van der Waals surface area contributed by atoms with Gasteiger partial charge in [-0.2, -0.15) is 5.26 Å². The van der Waals surface area contributed by atoms with Crippen LogP contribution in [-0.4, -0.2) is 12.5 Å². The van der Waals surface area contributed by atoms with Gasteiger partial charge in [0.2, 0.25) is 0 Å². The van der Waals surface area contributed by atoms with Crippen molar-refractivity contribution in [2.45, 2.75) is 6.92 Å². The minimum absolute atomic E-state index is 0.193. The molecule has 5 heteroatoms. The number of aryl methyl sites for hydroxylation is 1. The van der Waals surface area contributed by atoms with Gasteiger partial charge in [-0.15, -0.1) is 0 Å². The molecule has 0 atom stereocenters. The molecule has 0 aliphatic rings. The van der Waals surface area contributed by atoms with Gasteiger partial charge in [0.05, 0.1) is 11.6 Å². The summed E-state index contributed by atoms with van der Waals surface area (Å²) < 4.78 is 18.4. The third-order valence-corrected chi connectivity index (χ3v) is 2.77. The number of benzene rings is 2. The van der Waals surface area contributed by atoms with E-state index < -0.39 is 0 Å². The maximum absolute atomic E-state index is 13.1. The molecule has 0 bridgehead atoms. The van der Waals surface area contributed by atoms with E-state index >= 15 is 0 Å². The molecule has 1 amide bonds. The fraction of sp³-hybridized carbons (Fsp3) is 0.125. The number of halogens is 1. The lowest BCUT2D eigenvalue weighted by atomic mass is 10.2. The van der Waals surface area contributed by atoms with Crippen LogP contribution in [0, 0.1) is 24.1 Å². The van der Waals surface area contributed by atoms with Gasteiger partial charge in [-0.3, -0.25) is 4.79 Å². The van der Waals surface area contributed by atoms with Gasteiger partial charge < -0.3 is 10.1 Å². The van der Waals surface area contributed by atoms with Crippen LogP contribution in [-0.2, 0) is 4.79 Å². The third-order valence-electron chi connectivity index (χ3n) is 2.77. The second kappa shape index (κ2) is 6.53. The van der Waals surface area contributed by atoms with Crippen molar-refractivity contribution in [3.63, 3.8) is 0 Å². The molecule has 0 fully saturated rings. The van der Waals surface area contributed by atoms with Gasteiger partial charge in [-0.05, 0) is 48.9 Å². The van der Waals surface area contributed by atoms with Crippen LogP contribution in [0.2, 0.25) is 0 Å². The van der Waals surface area contributed by atoms with E-state index in [9.17, 15) is 9.18 Å². The van der Waals surface area contributed by atoms with Crippen LogP contribution < -0.4 is 10.1 Å². The molecule has 2 aromatic carbocycles. The Morgan fingerprint density at radius 1 is 1.33 bits per heavy atom. The molecule has 0 spiro atoms. The second-order valence-electron chi connectivity index (χ2n) is 4.44. The zero-order chi connectivity index (χ0) is 15.2. The predicted molar refractivity (Wildman–Crippen MR) is 76.4 cm³/mol. The molecule has 0 aliphatic heterocycles. The Kier molecular flexibility index (Phi) is 4.52. The number of carbonyl (C=O) groups excluding carboxylic acids is 1. The Balaban J connectivity index is 1.92. The molecule has 4 nitrogen and oxygen atoms in total. The summed E-state index contributed by atoms with van der Waals surface area (Å²) in [6.07, 6.45) is 0. The van der Waals surface area contributed by atoms with Crippen molar-refractivity contribution < 1.29 is 13.9 Å². The fourth-order valence-corrected chi connectivity index (χ4v) is 1.72. The number of carbonyl (C=O) groups is 1. The summed E-state index contributed by atoms with van der Waals surface area (Å²) in [5, 5.41) is 11.4. The fourth-order valence-electron chi connectivity index (χ4n) is 1.72. The standard InChI is InChI=1S/C16H13FN2O2/c1-11-7-14(5-6-15(11)17)21-10-16(20)19-13-4-2-3-12(8-13)9-18/h2-8H,10H2,1H3,(H,19,20). The highest BCUT2D eigenvalue weighted by atomic mass is 19.1. The Hall–Kier alpha value is -2.87. The minimum Gasteiger partial charge on any atom is -0.484 e. The summed E-state index contributed by atoms with van der Waals surface area (Å²) >= 11 is 0. The average Bonchev–Trinajstić information content (AvgIpc) is 2.48. The molecule has 0 heterocycles. The second-order valence-corrected chi connectivity index (χ2v) is 4.44. The molecule has 2 rings (SSSR count). The zero-order valence-electron chi connectivity index (χ0n) is 11.4. The molecule has 2 aromatic rings. The van der Waals surface area contributed by atoms with E-state index in [1.807, 2.05) is 6.07 Å². The van der Waals surface area contributed by atoms with E-state index in [4.69, 9.17) is 10.00 Å². The Morgan fingerprint density at radius 2 is 2.14 bits per heavy atom. The first-order chi connectivity index (χ1) is 10.1. The highest BCUT2D eigenvalue weighted by Crippen LogP contribution is 2.16. The quantitative estimate of drug-likeness (QED) is 0.938. The molecular weight excluding hydrogens is 271 g/mol. The lowest BCUT2D eigenvalue weighted by Crippen LogP contribution is -2.20. The van der Waals surface area contributed by atoms with Crippen LogP contribution in [0.4, 0.5) is 10.1 Å². The largest absolute Gasteiger partial charge is 0.484 e. The van der Waals surface area contributed by atoms with Gasteiger partial charge in [0.15, 0.2) is 6.61 Å². The maximum Gasteiger partial charge on any atom is 0.262 e. The van der Waals surface area contributed by atoms with E-state index in [0.717, 1.165) is 0 Å². The predicted octanol–water partition coefficient (Wildman–Crippen LogP) is 3.02. The molecule has 106 valence electrons. The maximum atomic E-state index is 13.1. The lowest BCUT2D eigenvalue weighted by Gasteiger charge is -2.08. The number of amides is 1. The molecule has 0 aromatic heterocycles. The first-order valence-corrected chi connectivity index (χ1v) is 6.27. The molecular formula is C16H13FN2O2. The molecule has 0 radical (unpaired) electrons. The van der Waals surface area contributed by atoms with E-state index in [2.05, 4.69) is 5.32 Å². The van der Waals surface area contributed by atoms with Crippen molar-refractivity contribution in [1.82, 2.24) is 0 Å². The van der Waals surface area contributed by atoms with Crippen LogP contribution in [0.5, 0.6) is 5.75 Å². The van der Waals surface area contributed by atoms with Crippen LogP contribution in [0.1, 0.15) is 11.1 Å². The first kappa shape index (κ1) is 14.5. The molecule has 0 unspecified atom stereocenters. The monoisotopic (exact) mass is 284 g/mol. The van der Waals surface area contributed by atoms with Crippen LogP contribution >= 0.6 is 0 Å². The summed E-state index contributed by atoms with van der Waals surface area (Å²) in [6, 6.07) is 12.8. The van der Waals surface area contributed by atoms with Gasteiger partial charge in [0.25, 0.3) is 5.91 Å². The van der Waals surface area contributed by atoms with E-state index in [-0.39, 0.29) is 18.3 Å². The van der Waals surface area contributed by atoms with Crippen molar-refractivity contribution in [2.24, 2.45) is 0 Å². The summed E-state index contributed by atoms with van der Waals surface area (Å²) in [5.41, 5.74) is 1.44. The SMILES string of the molecule is Cc1cc(OCC(=O)Nc2cccc(C#N)c2)ccc1F. The first-order valence-electron chi connectivity index (χ1n) is 6.27. The number of ether oxygens (including phenoxy) is 1.